The van der Waals surface area contributed by atoms with E-state index < -0.39 is 10.0 Å². The van der Waals surface area contributed by atoms with Gasteiger partial charge in [0.15, 0.2) is 11.5 Å². The van der Waals surface area contributed by atoms with Crippen LogP contribution in [0.15, 0.2) is 42.9 Å². The van der Waals surface area contributed by atoms with Gasteiger partial charge in [0.2, 0.25) is 10.0 Å². The minimum atomic E-state index is -3.07. The summed E-state index contributed by atoms with van der Waals surface area (Å²) in [5.74, 6) is 1.02. The van der Waals surface area contributed by atoms with E-state index in [4.69, 9.17) is 0 Å². The van der Waals surface area contributed by atoms with Gasteiger partial charge in [-0.3, -0.25) is 4.98 Å². The van der Waals surface area contributed by atoms with E-state index in [2.05, 4.69) is 15.1 Å². The molecule has 27 heavy (non-hydrogen) atoms. The predicted molar refractivity (Wildman–Crippen MR) is 102 cm³/mol. The zero-order valence-corrected chi connectivity index (χ0v) is 15.7. The fourth-order valence-corrected chi connectivity index (χ4v) is 5.61. The van der Waals surface area contributed by atoms with Crippen molar-refractivity contribution in [2.45, 2.75) is 36.9 Å². The molecule has 7 nitrogen and oxygen atoms in total. The van der Waals surface area contributed by atoms with Crippen LogP contribution in [0.4, 0.5) is 0 Å². The SMILES string of the molecule is O=S(=O)(C1CC1)N1CCC(c2nc3ccc(-c4ccncc4)cn3n2)CC1. The molecule has 0 bridgehead atoms. The summed E-state index contributed by atoms with van der Waals surface area (Å²) in [5.41, 5.74) is 2.96. The van der Waals surface area contributed by atoms with Gasteiger partial charge in [-0.25, -0.2) is 22.2 Å². The van der Waals surface area contributed by atoms with Crippen LogP contribution < -0.4 is 0 Å². The van der Waals surface area contributed by atoms with Gasteiger partial charge >= 0.3 is 0 Å². The topological polar surface area (TPSA) is 80.5 Å². The minimum Gasteiger partial charge on any atom is -0.265 e. The summed E-state index contributed by atoms with van der Waals surface area (Å²) in [7, 11) is -3.07. The molecule has 1 saturated heterocycles. The molecule has 0 atom stereocenters. The van der Waals surface area contributed by atoms with E-state index in [1.165, 1.54) is 0 Å². The Balaban J connectivity index is 1.35. The molecule has 0 unspecified atom stereocenters. The highest BCUT2D eigenvalue weighted by Gasteiger charge is 2.41. The highest BCUT2D eigenvalue weighted by molar-refractivity contribution is 7.90. The van der Waals surface area contributed by atoms with Crippen molar-refractivity contribution in [2.75, 3.05) is 13.1 Å². The second-order valence-corrected chi connectivity index (χ2v) is 9.56. The molecule has 1 saturated carbocycles. The highest BCUT2D eigenvalue weighted by Crippen LogP contribution is 2.35. The first-order valence-electron chi connectivity index (χ1n) is 9.37. The van der Waals surface area contributed by atoms with Crippen LogP contribution in [0.5, 0.6) is 0 Å². The van der Waals surface area contributed by atoms with E-state index in [1.54, 1.807) is 16.7 Å². The van der Waals surface area contributed by atoms with Gasteiger partial charge in [0.05, 0.1) is 5.25 Å². The number of nitrogens with zero attached hydrogens (tertiary/aromatic N) is 5. The molecule has 5 rings (SSSR count). The van der Waals surface area contributed by atoms with E-state index >= 15 is 0 Å². The second-order valence-electron chi connectivity index (χ2n) is 7.34. The molecule has 4 heterocycles. The Hall–Kier alpha value is -2.32. The van der Waals surface area contributed by atoms with Crippen LogP contribution in [0.1, 0.15) is 37.4 Å². The molecule has 3 aromatic heterocycles. The number of aromatic nitrogens is 4. The summed E-state index contributed by atoms with van der Waals surface area (Å²) < 4.78 is 28.3. The first-order chi connectivity index (χ1) is 13.1. The van der Waals surface area contributed by atoms with Crippen LogP contribution in [-0.4, -0.2) is 50.6 Å². The molecule has 2 aliphatic rings. The lowest BCUT2D eigenvalue weighted by Gasteiger charge is -2.29. The zero-order valence-electron chi connectivity index (χ0n) is 14.9. The van der Waals surface area contributed by atoms with Crippen molar-refractivity contribution in [2.24, 2.45) is 0 Å². The zero-order chi connectivity index (χ0) is 18.4. The largest absolute Gasteiger partial charge is 0.265 e. The van der Waals surface area contributed by atoms with Crippen molar-refractivity contribution in [1.29, 1.82) is 0 Å². The summed E-state index contributed by atoms with van der Waals surface area (Å²) >= 11 is 0. The molecular weight excluding hydrogens is 362 g/mol. The Labute approximate surface area is 158 Å². The van der Waals surface area contributed by atoms with Gasteiger partial charge in [0.25, 0.3) is 0 Å². The molecule has 2 fully saturated rings. The Morgan fingerprint density at radius 1 is 0.926 bits per heavy atom. The lowest BCUT2D eigenvalue weighted by atomic mass is 9.98. The average molecular weight is 383 g/mol. The third-order valence-corrected chi connectivity index (χ3v) is 7.88. The lowest BCUT2D eigenvalue weighted by Crippen LogP contribution is -2.39. The van der Waals surface area contributed by atoms with E-state index in [9.17, 15) is 8.42 Å². The maximum atomic E-state index is 12.4. The maximum absolute atomic E-state index is 12.4. The van der Waals surface area contributed by atoms with Crippen LogP contribution in [0.2, 0.25) is 0 Å². The summed E-state index contributed by atoms with van der Waals surface area (Å²) in [5, 5.41) is 4.55. The van der Waals surface area contributed by atoms with Gasteiger partial charge in [0, 0.05) is 43.2 Å². The average Bonchev–Trinajstić information content (AvgIpc) is 3.48. The second kappa shape index (κ2) is 6.38. The maximum Gasteiger partial charge on any atom is 0.216 e. The van der Waals surface area contributed by atoms with Crippen molar-refractivity contribution in [3.05, 3.63) is 48.7 Å². The van der Waals surface area contributed by atoms with Crippen molar-refractivity contribution in [3.8, 4) is 11.1 Å². The van der Waals surface area contributed by atoms with Crippen molar-refractivity contribution in [3.63, 3.8) is 0 Å². The molecule has 0 radical (unpaired) electrons. The van der Waals surface area contributed by atoms with Gasteiger partial charge in [-0.15, -0.1) is 0 Å². The molecular formula is C19H21N5O2S. The fraction of sp³-hybridized carbons (Fsp3) is 0.421. The summed E-state index contributed by atoms with van der Waals surface area (Å²) in [6, 6.07) is 7.94. The number of hydrogen-bond donors (Lipinski definition) is 0. The summed E-state index contributed by atoms with van der Waals surface area (Å²) in [6.45, 7) is 1.14. The molecule has 8 heteroatoms. The number of sulfonamides is 1. The van der Waals surface area contributed by atoms with Crippen molar-refractivity contribution in [1.82, 2.24) is 23.9 Å². The van der Waals surface area contributed by atoms with Crippen LogP contribution >= 0.6 is 0 Å². The first-order valence-corrected chi connectivity index (χ1v) is 10.9. The standard InChI is InChI=1S/C19H21N5O2S/c25-27(26,17-2-3-17)23-11-7-15(8-12-23)19-21-18-4-1-16(13-24(18)22-19)14-5-9-20-10-6-14/h1,4-6,9-10,13,15,17H,2-3,7-8,11-12H2. The minimum absolute atomic E-state index is 0.131. The lowest BCUT2D eigenvalue weighted by molar-refractivity contribution is 0.313. The number of piperidine rings is 1. The fourth-order valence-electron chi connectivity index (χ4n) is 3.73. The Morgan fingerprint density at radius 3 is 2.37 bits per heavy atom. The molecule has 0 spiro atoms. The first kappa shape index (κ1) is 16.8. The van der Waals surface area contributed by atoms with E-state index in [1.807, 2.05) is 35.0 Å². The van der Waals surface area contributed by atoms with Gasteiger partial charge < -0.3 is 0 Å². The Kier molecular flexibility index (Phi) is 3.98. The molecule has 140 valence electrons. The molecule has 0 N–H and O–H groups in total. The Morgan fingerprint density at radius 2 is 1.67 bits per heavy atom. The van der Waals surface area contributed by atoms with Crippen LogP contribution in [0.3, 0.4) is 0 Å². The van der Waals surface area contributed by atoms with E-state index in [0.29, 0.717) is 13.1 Å². The van der Waals surface area contributed by atoms with E-state index in [0.717, 1.165) is 48.3 Å². The van der Waals surface area contributed by atoms with Crippen molar-refractivity contribution >= 4 is 15.7 Å². The third kappa shape index (κ3) is 3.12. The number of fused-ring (bicyclic) bond motifs is 1. The summed E-state index contributed by atoms with van der Waals surface area (Å²) in [6.07, 6.45) is 8.71. The quantitative estimate of drug-likeness (QED) is 0.691. The normalized spacial score (nSPS) is 19.6. The predicted octanol–water partition coefficient (Wildman–Crippen LogP) is 2.46. The number of pyridine rings is 2. The number of hydrogen-bond acceptors (Lipinski definition) is 5. The van der Waals surface area contributed by atoms with Gasteiger partial charge in [-0.1, -0.05) is 0 Å². The molecule has 1 aliphatic carbocycles. The number of rotatable bonds is 4. The summed E-state index contributed by atoms with van der Waals surface area (Å²) in [4.78, 5) is 8.73. The molecule has 0 aromatic carbocycles. The van der Waals surface area contributed by atoms with E-state index in [-0.39, 0.29) is 11.2 Å². The molecule has 0 amide bonds. The van der Waals surface area contributed by atoms with Crippen LogP contribution in [0.25, 0.3) is 16.8 Å². The van der Waals surface area contributed by atoms with Crippen LogP contribution in [-0.2, 0) is 10.0 Å². The van der Waals surface area contributed by atoms with Crippen LogP contribution in [0, 0.1) is 0 Å². The van der Waals surface area contributed by atoms with Crippen molar-refractivity contribution < 1.29 is 8.42 Å². The van der Waals surface area contributed by atoms with Gasteiger partial charge in [-0.2, -0.15) is 5.10 Å². The van der Waals surface area contributed by atoms with Gasteiger partial charge in [0.1, 0.15) is 0 Å². The Bertz CT molecular complexity index is 1070. The van der Waals surface area contributed by atoms with Gasteiger partial charge in [-0.05, 0) is 55.5 Å². The highest BCUT2D eigenvalue weighted by atomic mass is 32.2. The third-order valence-electron chi connectivity index (χ3n) is 5.49. The monoisotopic (exact) mass is 383 g/mol. The smallest absolute Gasteiger partial charge is 0.216 e. The molecule has 3 aromatic rings. The molecule has 1 aliphatic heterocycles.